The first-order valence-corrected chi connectivity index (χ1v) is 8.95. The molecule has 0 atom stereocenters. The molecule has 2 aromatic rings. The van der Waals surface area contributed by atoms with Crippen molar-refractivity contribution in [3.05, 3.63) is 58.1 Å². The minimum absolute atomic E-state index is 0.148. The number of nitrogens with one attached hydrogen (secondary N) is 1. The highest BCUT2D eigenvalue weighted by Gasteiger charge is 2.07. The third kappa shape index (κ3) is 6.07. The number of rotatable bonds is 6. The molecule has 0 aromatic heterocycles. The SMILES string of the molecule is CC(=O)Oc1cccc(NC(=O)CSCc2ccc(Cl)cc2Cl)c1. The molecule has 7 heteroatoms. The molecule has 0 spiro atoms. The summed E-state index contributed by atoms with van der Waals surface area (Å²) in [7, 11) is 0. The van der Waals surface area contributed by atoms with E-state index in [1.54, 1.807) is 36.4 Å². The molecule has 0 radical (unpaired) electrons. The van der Waals surface area contributed by atoms with Crippen molar-refractivity contribution in [3.8, 4) is 5.75 Å². The van der Waals surface area contributed by atoms with Crippen molar-refractivity contribution in [2.45, 2.75) is 12.7 Å². The Morgan fingerprint density at radius 1 is 1.17 bits per heavy atom. The number of amides is 1. The highest BCUT2D eigenvalue weighted by atomic mass is 35.5. The number of esters is 1. The second-order valence-corrected chi connectivity index (χ2v) is 6.73. The van der Waals surface area contributed by atoms with Crippen LogP contribution in [0.1, 0.15) is 12.5 Å². The topological polar surface area (TPSA) is 55.4 Å². The smallest absolute Gasteiger partial charge is 0.308 e. The number of benzene rings is 2. The van der Waals surface area contributed by atoms with Gasteiger partial charge in [-0.25, -0.2) is 0 Å². The van der Waals surface area contributed by atoms with E-state index in [-0.39, 0.29) is 11.7 Å². The third-order valence-corrected chi connectivity index (χ3v) is 4.45. The van der Waals surface area contributed by atoms with Gasteiger partial charge in [-0.1, -0.05) is 35.3 Å². The number of carbonyl (C=O) groups is 2. The van der Waals surface area contributed by atoms with Gasteiger partial charge in [-0.3, -0.25) is 9.59 Å². The molecule has 0 aliphatic carbocycles. The van der Waals surface area contributed by atoms with Crippen LogP contribution in [0.2, 0.25) is 10.0 Å². The molecule has 0 bridgehead atoms. The van der Waals surface area contributed by atoms with Gasteiger partial charge in [0.05, 0.1) is 5.75 Å². The van der Waals surface area contributed by atoms with Gasteiger partial charge in [0.25, 0.3) is 0 Å². The lowest BCUT2D eigenvalue weighted by Crippen LogP contribution is -2.14. The number of halogens is 2. The molecule has 24 heavy (non-hydrogen) atoms. The number of anilines is 1. The summed E-state index contributed by atoms with van der Waals surface area (Å²) >= 11 is 13.4. The summed E-state index contributed by atoms with van der Waals surface area (Å²) in [6.07, 6.45) is 0. The number of ether oxygens (including phenoxy) is 1. The van der Waals surface area contributed by atoms with Gasteiger partial charge in [0.2, 0.25) is 5.91 Å². The Bertz CT molecular complexity index is 752. The van der Waals surface area contributed by atoms with E-state index in [2.05, 4.69) is 5.32 Å². The van der Waals surface area contributed by atoms with E-state index in [0.717, 1.165) is 5.56 Å². The Labute approximate surface area is 154 Å². The highest BCUT2D eigenvalue weighted by Crippen LogP contribution is 2.25. The molecular weight excluding hydrogens is 369 g/mol. The normalized spacial score (nSPS) is 10.3. The van der Waals surface area contributed by atoms with Crippen LogP contribution in [0.4, 0.5) is 5.69 Å². The molecule has 2 rings (SSSR count). The van der Waals surface area contributed by atoms with E-state index >= 15 is 0 Å². The fraction of sp³-hybridized carbons (Fsp3) is 0.176. The van der Waals surface area contributed by atoms with E-state index in [0.29, 0.717) is 27.2 Å². The average molecular weight is 384 g/mol. The summed E-state index contributed by atoms with van der Waals surface area (Å²) in [5, 5.41) is 3.93. The van der Waals surface area contributed by atoms with Gasteiger partial charge < -0.3 is 10.1 Å². The highest BCUT2D eigenvalue weighted by molar-refractivity contribution is 7.99. The monoisotopic (exact) mass is 383 g/mol. The van der Waals surface area contributed by atoms with Crippen molar-refractivity contribution in [1.29, 1.82) is 0 Å². The average Bonchev–Trinajstić information content (AvgIpc) is 2.49. The van der Waals surface area contributed by atoms with Crippen molar-refractivity contribution in [2.75, 3.05) is 11.1 Å². The van der Waals surface area contributed by atoms with Gasteiger partial charge in [-0.2, -0.15) is 0 Å². The minimum atomic E-state index is -0.408. The Morgan fingerprint density at radius 3 is 2.67 bits per heavy atom. The molecule has 4 nitrogen and oxygen atoms in total. The first-order chi connectivity index (χ1) is 11.4. The van der Waals surface area contributed by atoms with Crippen LogP contribution in [0.25, 0.3) is 0 Å². The fourth-order valence-electron chi connectivity index (χ4n) is 1.89. The Hall–Kier alpha value is -1.69. The van der Waals surface area contributed by atoms with Crippen LogP contribution in [-0.4, -0.2) is 17.6 Å². The van der Waals surface area contributed by atoms with Crippen LogP contribution in [0.5, 0.6) is 5.75 Å². The summed E-state index contributed by atoms with van der Waals surface area (Å²) in [5.74, 6) is 0.716. The zero-order chi connectivity index (χ0) is 17.5. The third-order valence-electron chi connectivity index (χ3n) is 2.89. The number of hydrogen-bond acceptors (Lipinski definition) is 4. The van der Waals surface area contributed by atoms with E-state index < -0.39 is 5.97 Å². The summed E-state index contributed by atoms with van der Waals surface area (Å²) in [5.41, 5.74) is 1.50. The van der Waals surface area contributed by atoms with E-state index in [4.69, 9.17) is 27.9 Å². The van der Waals surface area contributed by atoms with Crippen LogP contribution in [-0.2, 0) is 15.3 Å². The predicted octanol–water partition coefficient (Wildman–Crippen LogP) is 4.79. The van der Waals surface area contributed by atoms with Gasteiger partial charge in [-0.05, 0) is 29.8 Å². The van der Waals surface area contributed by atoms with Gasteiger partial charge in [0.15, 0.2) is 0 Å². The largest absolute Gasteiger partial charge is 0.427 e. The Morgan fingerprint density at radius 2 is 1.96 bits per heavy atom. The van der Waals surface area contributed by atoms with Gasteiger partial charge in [0.1, 0.15) is 5.75 Å². The van der Waals surface area contributed by atoms with Crippen molar-refractivity contribution < 1.29 is 14.3 Å². The lowest BCUT2D eigenvalue weighted by atomic mass is 10.2. The second-order valence-electron chi connectivity index (χ2n) is 4.90. The fourth-order valence-corrected chi connectivity index (χ4v) is 3.28. The first-order valence-electron chi connectivity index (χ1n) is 7.04. The first kappa shape index (κ1) is 18.6. The van der Waals surface area contributed by atoms with E-state index in [1.807, 2.05) is 6.07 Å². The molecule has 0 saturated carbocycles. The van der Waals surface area contributed by atoms with E-state index in [9.17, 15) is 9.59 Å². The van der Waals surface area contributed by atoms with Crippen LogP contribution in [0.15, 0.2) is 42.5 Å². The maximum absolute atomic E-state index is 12.0. The maximum Gasteiger partial charge on any atom is 0.308 e. The Kier molecular flexibility index (Phi) is 6.97. The van der Waals surface area contributed by atoms with Crippen molar-refractivity contribution in [2.24, 2.45) is 0 Å². The van der Waals surface area contributed by atoms with Crippen LogP contribution in [0.3, 0.4) is 0 Å². The number of carbonyl (C=O) groups excluding carboxylic acids is 2. The van der Waals surface area contributed by atoms with Gasteiger partial charge in [0, 0.05) is 34.5 Å². The molecule has 126 valence electrons. The van der Waals surface area contributed by atoms with Crippen LogP contribution in [0, 0.1) is 0 Å². The molecule has 0 unspecified atom stereocenters. The number of thioether (sulfide) groups is 1. The molecule has 0 saturated heterocycles. The molecule has 0 aliphatic rings. The molecule has 0 fully saturated rings. The van der Waals surface area contributed by atoms with Crippen molar-refractivity contribution >= 4 is 52.5 Å². The summed E-state index contributed by atoms with van der Waals surface area (Å²) in [6, 6.07) is 12.0. The molecule has 0 aliphatic heterocycles. The zero-order valence-electron chi connectivity index (χ0n) is 12.8. The molecule has 2 aromatic carbocycles. The summed E-state index contributed by atoms with van der Waals surface area (Å²) in [4.78, 5) is 22.9. The standard InChI is InChI=1S/C17H15Cl2NO3S/c1-11(21)23-15-4-2-3-14(8-15)20-17(22)10-24-9-12-5-6-13(18)7-16(12)19/h2-8H,9-10H2,1H3,(H,20,22). The van der Waals surface area contributed by atoms with Crippen molar-refractivity contribution in [3.63, 3.8) is 0 Å². The van der Waals surface area contributed by atoms with E-state index in [1.165, 1.54) is 18.7 Å². The predicted molar refractivity (Wildman–Crippen MR) is 99.0 cm³/mol. The van der Waals surface area contributed by atoms with Crippen LogP contribution >= 0.6 is 35.0 Å². The summed E-state index contributed by atoms with van der Waals surface area (Å²) < 4.78 is 4.98. The quantitative estimate of drug-likeness (QED) is 0.575. The minimum Gasteiger partial charge on any atom is -0.427 e. The second kappa shape index (κ2) is 8.97. The molecule has 0 heterocycles. The van der Waals surface area contributed by atoms with Crippen LogP contribution < -0.4 is 10.1 Å². The summed E-state index contributed by atoms with van der Waals surface area (Å²) in [6.45, 7) is 1.32. The van der Waals surface area contributed by atoms with Crippen molar-refractivity contribution in [1.82, 2.24) is 0 Å². The molecule has 1 N–H and O–H groups in total. The number of hydrogen-bond donors (Lipinski definition) is 1. The molecular formula is C17H15Cl2NO3S. The molecule has 1 amide bonds. The zero-order valence-corrected chi connectivity index (χ0v) is 15.2. The maximum atomic E-state index is 12.0. The Balaban J connectivity index is 1.84. The lowest BCUT2D eigenvalue weighted by molar-refractivity contribution is -0.131. The van der Waals surface area contributed by atoms with Gasteiger partial charge in [-0.15, -0.1) is 11.8 Å². The lowest BCUT2D eigenvalue weighted by Gasteiger charge is -2.08. The van der Waals surface area contributed by atoms with Gasteiger partial charge >= 0.3 is 5.97 Å².